The number of nitriles is 1. The summed E-state index contributed by atoms with van der Waals surface area (Å²) in [5, 5.41) is 14.0. The lowest BCUT2D eigenvalue weighted by atomic mass is 10.1. The van der Waals surface area contributed by atoms with Crippen LogP contribution in [0.1, 0.15) is 5.56 Å². The number of nitrogens with zero attached hydrogens (tertiary/aromatic N) is 5. The number of likely N-dealkylation sites (N-methyl/N-ethyl adjacent to an activating group) is 1. The molecule has 0 amide bonds. The molecule has 4 aromatic heterocycles. The minimum atomic E-state index is -0.311. The normalized spacial score (nSPS) is 15.7. The lowest BCUT2D eigenvalue weighted by Gasteiger charge is -2.34. The summed E-state index contributed by atoms with van der Waals surface area (Å²) in [7, 11) is 2.13. The molecule has 6 heterocycles. The van der Waals surface area contributed by atoms with Crippen LogP contribution in [0.5, 0.6) is 5.75 Å². The van der Waals surface area contributed by atoms with Gasteiger partial charge in [0, 0.05) is 56.2 Å². The third-order valence-corrected chi connectivity index (χ3v) is 7.35. The van der Waals surface area contributed by atoms with E-state index >= 15 is 0 Å². The highest BCUT2D eigenvalue weighted by molar-refractivity contribution is 6.01. The van der Waals surface area contributed by atoms with E-state index in [0.29, 0.717) is 58.1 Å². The first-order valence-electron chi connectivity index (χ1n) is 12.6. The summed E-state index contributed by atoms with van der Waals surface area (Å²) in [4.78, 5) is 36.5. The van der Waals surface area contributed by atoms with Gasteiger partial charge >= 0.3 is 0 Å². The van der Waals surface area contributed by atoms with Gasteiger partial charge in [-0.15, -0.1) is 0 Å². The SMILES string of the molecule is CN1CCN(c2ccc3nc(-c4c(=O)[nH]cc5c(C#N)c(-c6nccc7c6OCCN7)[nH]c45)[nH]c3c2)CC1. The molecule has 5 aromatic rings. The van der Waals surface area contributed by atoms with Crippen molar-refractivity contribution in [3.8, 4) is 34.6 Å². The number of fused-ring (bicyclic) bond motifs is 3. The van der Waals surface area contributed by atoms with Crippen molar-refractivity contribution in [1.82, 2.24) is 29.8 Å². The first-order chi connectivity index (χ1) is 18.6. The predicted octanol–water partition coefficient (Wildman–Crippen LogP) is 2.89. The van der Waals surface area contributed by atoms with Crippen LogP contribution < -0.4 is 20.5 Å². The van der Waals surface area contributed by atoms with Crippen molar-refractivity contribution in [1.29, 1.82) is 5.26 Å². The average Bonchev–Trinajstić information content (AvgIpc) is 3.53. The summed E-state index contributed by atoms with van der Waals surface area (Å²) in [5.74, 6) is 1.01. The van der Waals surface area contributed by atoms with Gasteiger partial charge in [0.15, 0.2) is 5.75 Å². The molecule has 190 valence electrons. The molecule has 38 heavy (non-hydrogen) atoms. The van der Waals surface area contributed by atoms with E-state index in [1.54, 1.807) is 12.4 Å². The molecule has 11 heteroatoms. The zero-order chi connectivity index (χ0) is 25.8. The maximum absolute atomic E-state index is 13.2. The van der Waals surface area contributed by atoms with Crippen LogP contribution in [-0.4, -0.2) is 76.2 Å². The Balaban J connectivity index is 1.37. The van der Waals surface area contributed by atoms with Gasteiger partial charge in [0.2, 0.25) is 0 Å². The van der Waals surface area contributed by atoms with Gasteiger partial charge in [0.25, 0.3) is 5.56 Å². The fraction of sp³-hybridized carbons (Fsp3) is 0.259. The Hall–Kier alpha value is -4.82. The fourth-order valence-electron chi connectivity index (χ4n) is 5.33. The van der Waals surface area contributed by atoms with E-state index in [1.165, 1.54) is 0 Å². The molecule has 0 bridgehead atoms. The molecule has 0 atom stereocenters. The van der Waals surface area contributed by atoms with Gasteiger partial charge in [-0.1, -0.05) is 0 Å². The Labute approximate surface area is 217 Å². The second-order valence-corrected chi connectivity index (χ2v) is 9.66. The first-order valence-corrected chi connectivity index (χ1v) is 12.6. The summed E-state index contributed by atoms with van der Waals surface area (Å²) in [6.07, 6.45) is 3.23. The lowest BCUT2D eigenvalue weighted by Crippen LogP contribution is -2.44. The second-order valence-electron chi connectivity index (χ2n) is 9.66. The number of aromatic nitrogens is 5. The number of anilines is 2. The molecule has 4 N–H and O–H groups in total. The third kappa shape index (κ3) is 3.49. The number of hydrogen-bond acceptors (Lipinski definition) is 8. The van der Waals surface area contributed by atoms with Crippen LogP contribution in [0.15, 0.2) is 41.5 Å². The molecule has 1 aromatic carbocycles. The molecule has 2 aliphatic heterocycles. The Morgan fingerprint density at radius 3 is 2.84 bits per heavy atom. The van der Waals surface area contributed by atoms with Gasteiger partial charge in [-0.2, -0.15) is 5.26 Å². The van der Waals surface area contributed by atoms with Crippen LogP contribution in [0.3, 0.4) is 0 Å². The van der Waals surface area contributed by atoms with Crippen LogP contribution in [0, 0.1) is 11.3 Å². The molecular formula is C27H25N9O2. The monoisotopic (exact) mass is 507 g/mol. The number of piperazine rings is 1. The van der Waals surface area contributed by atoms with E-state index in [9.17, 15) is 10.1 Å². The summed E-state index contributed by atoms with van der Waals surface area (Å²) in [6.45, 7) is 5.13. The van der Waals surface area contributed by atoms with E-state index in [-0.39, 0.29) is 5.56 Å². The average molecular weight is 508 g/mol. The lowest BCUT2D eigenvalue weighted by molar-refractivity contribution is 0.313. The Morgan fingerprint density at radius 2 is 2.00 bits per heavy atom. The molecule has 1 fully saturated rings. The number of H-pyrrole nitrogens is 3. The van der Waals surface area contributed by atoms with Crippen molar-refractivity contribution >= 4 is 33.3 Å². The van der Waals surface area contributed by atoms with Gasteiger partial charge in [-0.3, -0.25) is 9.78 Å². The fourth-order valence-corrected chi connectivity index (χ4v) is 5.33. The molecule has 0 saturated carbocycles. The Bertz CT molecular complexity index is 1800. The van der Waals surface area contributed by atoms with Crippen molar-refractivity contribution in [3.05, 3.63) is 52.6 Å². The maximum atomic E-state index is 13.2. The summed E-state index contributed by atoms with van der Waals surface area (Å²) >= 11 is 0. The first kappa shape index (κ1) is 22.4. The molecular weight excluding hydrogens is 482 g/mol. The van der Waals surface area contributed by atoms with Crippen molar-refractivity contribution in [2.24, 2.45) is 0 Å². The number of imidazole rings is 1. The highest BCUT2D eigenvalue weighted by Crippen LogP contribution is 2.40. The summed E-state index contributed by atoms with van der Waals surface area (Å²) in [5.41, 5.74) is 5.48. The van der Waals surface area contributed by atoms with Crippen LogP contribution in [0.2, 0.25) is 0 Å². The topological polar surface area (TPSA) is 142 Å². The molecule has 1 saturated heterocycles. The number of aromatic amines is 3. The predicted molar refractivity (Wildman–Crippen MR) is 146 cm³/mol. The quantitative estimate of drug-likeness (QED) is 0.292. The van der Waals surface area contributed by atoms with Crippen LogP contribution in [0.25, 0.3) is 44.7 Å². The number of rotatable bonds is 3. The maximum Gasteiger partial charge on any atom is 0.261 e. The Morgan fingerprint density at radius 1 is 1.13 bits per heavy atom. The van der Waals surface area contributed by atoms with Crippen molar-refractivity contribution < 1.29 is 4.74 Å². The smallest absolute Gasteiger partial charge is 0.261 e. The van der Waals surface area contributed by atoms with Crippen LogP contribution in [-0.2, 0) is 0 Å². The van der Waals surface area contributed by atoms with Gasteiger partial charge in [0.05, 0.1) is 33.5 Å². The highest BCUT2D eigenvalue weighted by Gasteiger charge is 2.25. The van der Waals surface area contributed by atoms with Crippen molar-refractivity contribution in [2.45, 2.75) is 0 Å². The van der Waals surface area contributed by atoms with E-state index in [0.717, 1.165) is 48.6 Å². The van der Waals surface area contributed by atoms with E-state index in [2.05, 4.69) is 60.3 Å². The standard InChI is InChI=1S/C27H25N9O2/c1-35-7-9-36(10-8-35)15-2-3-18-20(12-15)33-26(32-18)21-22-17(14-31-27(21)37)16(13-28)23(34-22)24-25-19(4-5-30-24)29-6-11-38-25/h2-5,12,14,29,34H,6-11H2,1H3,(H,31,37)(H,32,33). The van der Waals surface area contributed by atoms with Gasteiger partial charge < -0.3 is 34.8 Å². The zero-order valence-electron chi connectivity index (χ0n) is 20.8. The third-order valence-electron chi connectivity index (χ3n) is 7.35. The summed E-state index contributed by atoms with van der Waals surface area (Å²) in [6, 6.07) is 10.3. The molecule has 7 rings (SSSR count). The number of nitrogens with one attached hydrogen (secondary N) is 4. The van der Waals surface area contributed by atoms with Gasteiger partial charge in [-0.25, -0.2) is 4.98 Å². The van der Waals surface area contributed by atoms with E-state index in [4.69, 9.17) is 9.72 Å². The number of pyridine rings is 2. The van der Waals surface area contributed by atoms with Gasteiger partial charge in [0.1, 0.15) is 29.8 Å². The molecule has 0 spiro atoms. The highest BCUT2D eigenvalue weighted by atomic mass is 16.5. The zero-order valence-corrected chi connectivity index (χ0v) is 20.8. The number of ether oxygens (including phenoxy) is 1. The van der Waals surface area contributed by atoms with E-state index < -0.39 is 0 Å². The molecule has 0 radical (unpaired) electrons. The molecule has 11 nitrogen and oxygen atoms in total. The number of hydrogen-bond donors (Lipinski definition) is 4. The van der Waals surface area contributed by atoms with Crippen molar-refractivity contribution in [2.75, 3.05) is 56.6 Å². The minimum absolute atomic E-state index is 0.311. The van der Waals surface area contributed by atoms with Crippen LogP contribution >= 0.6 is 0 Å². The number of benzene rings is 1. The minimum Gasteiger partial charge on any atom is -0.487 e. The Kier molecular flexibility index (Phi) is 5.09. The molecule has 0 aliphatic carbocycles. The second kappa shape index (κ2) is 8.64. The van der Waals surface area contributed by atoms with Crippen LogP contribution in [0.4, 0.5) is 11.4 Å². The van der Waals surface area contributed by atoms with Gasteiger partial charge in [-0.05, 0) is 31.3 Å². The van der Waals surface area contributed by atoms with E-state index in [1.807, 2.05) is 12.1 Å². The molecule has 2 aliphatic rings. The largest absolute Gasteiger partial charge is 0.487 e. The molecule has 0 unspecified atom stereocenters. The summed E-state index contributed by atoms with van der Waals surface area (Å²) < 4.78 is 5.90. The van der Waals surface area contributed by atoms with Crippen molar-refractivity contribution in [3.63, 3.8) is 0 Å².